The fraction of sp³-hybridized carbons (Fsp3) is 0.300. The van der Waals surface area contributed by atoms with E-state index in [4.69, 9.17) is 9.84 Å². The van der Waals surface area contributed by atoms with Crippen molar-refractivity contribution in [3.63, 3.8) is 0 Å². The molecule has 0 saturated heterocycles. The molecule has 2 atom stereocenters. The van der Waals surface area contributed by atoms with E-state index in [9.17, 15) is 9.59 Å². The number of carboxylic acid groups (broad SMARTS) is 1. The van der Waals surface area contributed by atoms with Crippen LogP contribution < -0.4 is 10.1 Å². The molecule has 0 aliphatic heterocycles. The fourth-order valence-corrected chi connectivity index (χ4v) is 3.27. The number of carbonyl (C=O) groups is 2. The molecule has 3 rings (SSSR count). The Kier molecular flexibility index (Phi) is 5.03. The average molecular weight is 339 g/mol. The Balaban J connectivity index is 1.74. The fourth-order valence-electron chi connectivity index (χ4n) is 3.27. The number of hydrogen-bond acceptors (Lipinski definition) is 3. The predicted molar refractivity (Wildman–Crippen MR) is 93.9 cm³/mol. The van der Waals surface area contributed by atoms with Gasteiger partial charge in [-0.25, -0.2) is 4.79 Å². The van der Waals surface area contributed by atoms with Crippen LogP contribution in [-0.4, -0.2) is 23.6 Å². The molecule has 2 aromatic carbocycles. The molecule has 130 valence electrons. The molecule has 0 spiro atoms. The Bertz CT molecular complexity index is 787. The lowest BCUT2D eigenvalue weighted by Crippen LogP contribution is -2.31. The van der Waals surface area contributed by atoms with Crippen molar-refractivity contribution in [2.24, 2.45) is 0 Å². The van der Waals surface area contributed by atoms with Gasteiger partial charge in [0.15, 0.2) is 6.61 Å². The Hall–Kier alpha value is -2.82. The summed E-state index contributed by atoms with van der Waals surface area (Å²) in [5, 5.41) is 11.8. The molecular weight excluding hydrogens is 318 g/mol. The summed E-state index contributed by atoms with van der Waals surface area (Å²) < 4.78 is 5.14. The summed E-state index contributed by atoms with van der Waals surface area (Å²) in [6, 6.07) is 14.8. The molecule has 1 amide bonds. The third-order valence-corrected chi connectivity index (χ3v) is 4.55. The second-order valence-corrected chi connectivity index (χ2v) is 6.34. The summed E-state index contributed by atoms with van der Waals surface area (Å²) in [6.45, 7) is 1.78. The maximum absolute atomic E-state index is 12.6. The first-order valence-electron chi connectivity index (χ1n) is 8.39. The second-order valence-electron chi connectivity index (χ2n) is 6.34. The highest BCUT2D eigenvalue weighted by molar-refractivity contribution is 5.94. The van der Waals surface area contributed by atoms with Crippen molar-refractivity contribution in [3.8, 4) is 5.75 Å². The van der Waals surface area contributed by atoms with Crippen LogP contribution in [0.25, 0.3) is 0 Å². The zero-order chi connectivity index (χ0) is 17.8. The van der Waals surface area contributed by atoms with Gasteiger partial charge in [-0.2, -0.15) is 0 Å². The van der Waals surface area contributed by atoms with Crippen molar-refractivity contribution in [1.29, 1.82) is 0 Å². The molecule has 2 unspecified atom stereocenters. The highest BCUT2D eigenvalue weighted by Crippen LogP contribution is 2.37. The highest BCUT2D eigenvalue weighted by Gasteiger charge is 2.25. The van der Waals surface area contributed by atoms with Gasteiger partial charge in [-0.15, -0.1) is 0 Å². The number of amides is 1. The van der Waals surface area contributed by atoms with Crippen molar-refractivity contribution >= 4 is 11.9 Å². The van der Waals surface area contributed by atoms with Crippen LogP contribution in [0.15, 0.2) is 48.5 Å². The lowest BCUT2D eigenvalue weighted by atomic mass is 9.81. The first-order valence-corrected chi connectivity index (χ1v) is 8.39. The van der Waals surface area contributed by atoms with Crippen LogP contribution in [0.2, 0.25) is 0 Å². The van der Waals surface area contributed by atoms with Gasteiger partial charge in [0.25, 0.3) is 5.91 Å². The minimum absolute atomic E-state index is 0.0107. The highest BCUT2D eigenvalue weighted by atomic mass is 16.5. The first-order chi connectivity index (χ1) is 12.0. The van der Waals surface area contributed by atoms with Crippen molar-refractivity contribution in [2.75, 3.05) is 6.61 Å². The SMILES string of the molecule is CC1CCC(NC(=O)c2cccc(OCC(=O)O)c2)c2ccccc21. The van der Waals surface area contributed by atoms with E-state index in [-0.39, 0.29) is 11.9 Å². The molecule has 0 fully saturated rings. The Morgan fingerprint density at radius 2 is 1.88 bits per heavy atom. The van der Waals surface area contributed by atoms with Gasteiger partial charge in [-0.1, -0.05) is 37.3 Å². The van der Waals surface area contributed by atoms with E-state index in [1.54, 1.807) is 24.3 Å². The number of fused-ring (bicyclic) bond motifs is 1. The molecule has 1 aliphatic rings. The Morgan fingerprint density at radius 1 is 1.12 bits per heavy atom. The largest absolute Gasteiger partial charge is 0.482 e. The number of aliphatic carboxylic acids is 1. The molecule has 2 aromatic rings. The van der Waals surface area contributed by atoms with Gasteiger partial charge in [-0.05, 0) is 48.1 Å². The monoisotopic (exact) mass is 339 g/mol. The van der Waals surface area contributed by atoms with Crippen LogP contribution >= 0.6 is 0 Å². The molecule has 0 bridgehead atoms. The van der Waals surface area contributed by atoms with Crippen LogP contribution in [0.4, 0.5) is 0 Å². The summed E-state index contributed by atoms with van der Waals surface area (Å²) in [7, 11) is 0. The minimum atomic E-state index is -1.05. The molecule has 0 saturated carbocycles. The summed E-state index contributed by atoms with van der Waals surface area (Å²) >= 11 is 0. The van der Waals surface area contributed by atoms with Crippen LogP contribution in [0.1, 0.15) is 53.2 Å². The van der Waals surface area contributed by atoms with Crippen LogP contribution in [0.5, 0.6) is 5.75 Å². The summed E-state index contributed by atoms with van der Waals surface area (Å²) in [4.78, 5) is 23.2. The number of ether oxygens (including phenoxy) is 1. The van der Waals surface area contributed by atoms with E-state index < -0.39 is 12.6 Å². The third-order valence-electron chi connectivity index (χ3n) is 4.55. The molecule has 5 heteroatoms. The first kappa shape index (κ1) is 17.0. The van der Waals surface area contributed by atoms with Gasteiger partial charge in [0.05, 0.1) is 6.04 Å². The third kappa shape index (κ3) is 3.99. The average Bonchev–Trinajstić information content (AvgIpc) is 2.63. The predicted octanol–water partition coefficient (Wildman–Crippen LogP) is 3.52. The van der Waals surface area contributed by atoms with Gasteiger partial charge in [0.1, 0.15) is 5.75 Å². The zero-order valence-corrected chi connectivity index (χ0v) is 14.1. The van der Waals surface area contributed by atoms with Crippen molar-refractivity contribution in [2.45, 2.75) is 31.7 Å². The van der Waals surface area contributed by atoms with Gasteiger partial charge in [-0.3, -0.25) is 4.79 Å². The van der Waals surface area contributed by atoms with E-state index in [0.29, 0.717) is 17.2 Å². The smallest absolute Gasteiger partial charge is 0.341 e. The van der Waals surface area contributed by atoms with E-state index >= 15 is 0 Å². The van der Waals surface area contributed by atoms with Gasteiger partial charge in [0.2, 0.25) is 0 Å². The minimum Gasteiger partial charge on any atom is -0.482 e. The summed E-state index contributed by atoms with van der Waals surface area (Å²) in [5.41, 5.74) is 2.92. The zero-order valence-electron chi connectivity index (χ0n) is 14.1. The van der Waals surface area contributed by atoms with Crippen molar-refractivity contribution in [3.05, 3.63) is 65.2 Å². The quantitative estimate of drug-likeness (QED) is 0.874. The second kappa shape index (κ2) is 7.38. The maximum Gasteiger partial charge on any atom is 0.341 e. The van der Waals surface area contributed by atoms with Gasteiger partial charge >= 0.3 is 5.97 Å². The molecule has 5 nitrogen and oxygen atoms in total. The number of rotatable bonds is 5. The van der Waals surface area contributed by atoms with E-state index in [0.717, 1.165) is 12.8 Å². The van der Waals surface area contributed by atoms with Crippen molar-refractivity contribution < 1.29 is 19.4 Å². The van der Waals surface area contributed by atoms with Gasteiger partial charge < -0.3 is 15.2 Å². The number of carboxylic acids is 1. The molecule has 0 aromatic heterocycles. The molecule has 2 N–H and O–H groups in total. The van der Waals surface area contributed by atoms with Gasteiger partial charge in [0, 0.05) is 5.56 Å². The number of nitrogens with one attached hydrogen (secondary N) is 1. The topological polar surface area (TPSA) is 75.6 Å². The van der Waals surface area contributed by atoms with Crippen molar-refractivity contribution in [1.82, 2.24) is 5.32 Å². The summed E-state index contributed by atoms with van der Waals surface area (Å²) in [5.74, 6) is -0.372. The normalized spacial score (nSPS) is 18.9. The molecule has 25 heavy (non-hydrogen) atoms. The van der Waals surface area contributed by atoms with E-state index in [2.05, 4.69) is 24.4 Å². The molecule has 0 radical (unpaired) electrons. The number of carbonyl (C=O) groups excluding carboxylic acids is 1. The Labute approximate surface area is 146 Å². The standard InChI is InChI=1S/C20H21NO4/c1-13-9-10-18(17-8-3-2-7-16(13)17)21-20(24)14-5-4-6-15(11-14)25-12-19(22)23/h2-8,11,13,18H,9-10,12H2,1H3,(H,21,24)(H,22,23). The van der Waals surface area contributed by atoms with E-state index in [1.165, 1.54) is 11.1 Å². The lowest BCUT2D eigenvalue weighted by molar-refractivity contribution is -0.139. The molecule has 1 aliphatic carbocycles. The molecular formula is C20H21NO4. The number of hydrogen-bond donors (Lipinski definition) is 2. The lowest BCUT2D eigenvalue weighted by Gasteiger charge is -2.30. The molecule has 0 heterocycles. The maximum atomic E-state index is 12.6. The summed E-state index contributed by atoms with van der Waals surface area (Å²) in [6.07, 6.45) is 1.93. The Morgan fingerprint density at radius 3 is 2.64 bits per heavy atom. The van der Waals surface area contributed by atoms with Crippen LogP contribution in [0.3, 0.4) is 0 Å². The number of benzene rings is 2. The van der Waals surface area contributed by atoms with Crippen LogP contribution in [0, 0.1) is 0 Å². The van der Waals surface area contributed by atoms with E-state index in [1.807, 2.05) is 12.1 Å². The van der Waals surface area contributed by atoms with Crippen LogP contribution in [-0.2, 0) is 4.79 Å².